The van der Waals surface area contributed by atoms with Crippen LogP contribution < -0.4 is 5.32 Å². The SMILES string of the molecule is CCCNC(Cc1ccc(C(C)(C)C)cc1)C1(C)CC1. The Bertz CT molecular complexity index is 420. The minimum absolute atomic E-state index is 0.251. The molecule has 112 valence electrons. The molecule has 0 bridgehead atoms. The molecule has 1 nitrogen and oxygen atoms in total. The molecule has 0 heterocycles. The molecule has 1 unspecified atom stereocenters. The van der Waals surface area contributed by atoms with E-state index in [2.05, 4.69) is 64.2 Å². The fourth-order valence-electron chi connectivity index (χ4n) is 2.81. The number of hydrogen-bond donors (Lipinski definition) is 1. The Balaban J connectivity index is 2.03. The molecule has 1 N–H and O–H groups in total. The third kappa shape index (κ3) is 3.85. The highest BCUT2D eigenvalue weighted by atomic mass is 14.9. The van der Waals surface area contributed by atoms with Gasteiger partial charge in [-0.3, -0.25) is 0 Å². The van der Waals surface area contributed by atoms with Crippen molar-refractivity contribution in [3.05, 3.63) is 35.4 Å². The fraction of sp³-hybridized carbons (Fsp3) is 0.684. The van der Waals surface area contributed by atoms with Crippen LogP contribution in [0.25, 0.3) is 0 Å². The van der Waals surface area contributed by atoms with Crippen LogP contribution in [0.15, 0.2) is 24.3 Å². The van der Waals surface area contributed by atoms with Crippen LogP contribution in [0.5, 0.6) is 0 Å². The predicted molar refractivity (Wildman–Crippen MR) is 88.3 cm³/mol. The lowest BCUT2D eigenvalue weighted by Gasteiger charge is -2.26. The molecule has 1 atom stereocenters. The van der Waals surface area contributed by atoms with Gasteiger partial charge in [0, 0.05) is 6.04 Å². The van der Waals surface area contributed by atoms with Gasteiger partial charge in [-0.05, 0) is 54.2 Å². The second kappa shape index (κ2) is 5.89. The molecule has 0 saturated heterocycles. The molecule has 1 aromatic carbocycles. The zero-order valence-electron chi connectivity index (χ0n) is 13.9. The summed E-state index contributed by atoms with van der Waals surface area (Å²) in [6.07, 6.45) is 5.15. The summed E-state index contributed by atoms with van der Waals surface area (Å²) in [6.45, 7) is 12.7. The molecule has 0 amide bonds. The molecule has 1 aliphatic carbocycles. The van der Waals surface area contributed by atoms with E-state index in [-0.39, 0.29) is 5.41 Å². The van der Waals surface area contributed by atoms with Crippen LogP contribution in [0.1, 0.15) is 65.0 Å². The quantitative estimate of drug-likeness (QED) is 0.792. The lowest BCUT2D eigenvalue weighted by molar-refractivity contribution is 0.354. The van der Waals surface area contributed by atoms with Crippen LogP contribution in [0.2, 0.25) is 0 Å². The highest BCUT2D eigenvalue weighted by molar-refractivity contribution is 5.28. The first kappa shape index (κ1) is 15.6. The molecular formula is C19H31N. The van der Waals surface area contributed by atoms with Crippen molar-refractivity contribution in [3.63, 3.8) is 0 Å². The third-order valence-electron chi connectivity index (χ3n) is 4.78. The van der Waals surface area contributed by atoms with Crippen molar-refractivity contribution in [1.29, 1.82) is 0 Å². The van der Waals surface area contributed by atoms with Crippen LogP contribution in [-0.4, -0.2) is 12.6 Å². The maximum atomic E-state index is 3.77. The van der Waals surface area contributed by atoms with Crippen molar-refractivity contribution < 1.29 is 0 Å². The Morgan fingerprint density at radius 1 is 1.15 bits per heavy atom. The lowest BCUT2D eigenvalue weighted by atomic mass is 9.85. The van der Waals surface area contributed by atoms with E-state index in [1.54, 1.807) is 0 Å². The molecule has 20 heavy (non-hydrogen) atoms. The number of nitrogens with one attached hydrogen (secondary N) is 1. The van der Waals surface area contributed by atoms with Crippen molar-refractivity contribution in [1.82, 2.24) is 5.32 Å². The van der Waals surface area contributed by atoms with E-state index < -0.39 is 0 Å². The normalized spacial score (nSPS) is 18.9. The smallest absolute Gasteiger partial charge is 0.0161 e. The molecule has 1 heteroatoms. The van der Waals surface area contributed by atoms with Crippen molar-refractivity contribution in [2.75, 3.05) is 6.54 Å². The summed E-state index contributed by atoms with van der Waals surface area (Å²) < 4.78 is 0. The maximum absolute atomic E-state index is 3.77. The number of rotatable bonds is 6. The first-order valence-electron chi connectivity index (χ1n) is 8.18. The predicted octanol–water partition coefficient (Wildman–Crippen LogP) is 4.69. The monoisotopic (exact) mass is 273 g/mol. The summed E-state index contributed by atoms with van der Waals surface area (Å²) >= 11 is 0. The van der Waals surface area contributed by atoms with E-state index in [0.29, 0.717) is 11.5 Å². The van der Waals surface area contributed by atoms with E-state index in [9.17, 15) is 0 Å². The summed E-state index contributed by atoms with van der Waals surface area (Å²) in [5.74, 6) is 0. The topological polar surface area (TPSA) is 12.0 Å². The molecule has 0 spiro atoms. The van der Waals surface area contributed by atoms with Gasteiger partial charge < -0.3 is 5.32 Å². The summed E-state index contributed by atoms with van der Waals surface area (Å²) in [5, 5.41) is 3.77. The molecular weight excluding hydrogens is 242 g/mol. The zero-order valence-corrected chi connectivity index (χ0v) is 13.9. The Kier molecular flexibility index (Phi) is 4.59. The van der Waals surface area contributed by atoms with Gasteiger partial charge in [0.2, 0.25) is 0 Å². The van der Waals surface area contributed by atoms with Crippen molar-refractivity contribution >= 4 is 0 Å². The van der Waals surface area contributed by atoms with Crippen molar-refractivity contribution in [2.24, 2.45) is 5.41 Å². The van der Waals surface area contributed by atoms with E-state index in [1.807, 2.05) is 0 Å². The molecule has 0 radical (unpaired) electrons. The Morgan fingerprint density at radius 3 is 2.20 bits per heavy atom. The van der Waals surface area contributed by atoms with Gasteiger partial charge in [-0.2, -0.15) is 0 Å². The summed E-state index contributed by atoms with van der Waals surface area (Å²) in [6, 6.07) is 9.91. The van der Waals surface area contributed by atoms with Gasteiger partial charge in [-0.1, -0.05) is 58.9 Å². The average Bonchev–Trinajstić information content (AvgIpc) is 3.13. The van der Waals surface area contributed by atoms with E-state index in [4.69, 9.17) is 0 Å². The second-order valence-corrected chi connectivity index (χ2v) is 7.81. The molecule has 1 fully saturated rings. The van der Waals surface area contributed by atoms with Gasteiger partial charge >= 0.3 is 0 Å². The lowest BCUT2D eigenvalue weighted by Crippen LogP contribution is -2.38. The molecule has 0 aliphatic heterocycles. The van der Waals surface area contributed by atoms with Crippen molar-refractivity contribution in [3.8, 4) is 0 Å². The minimum Gasteiger partial charge on any atom is -0.313 e. The van der Waals surface area contributed by atoms with Crippen LogP contribution in [0, 0.1) is 5.41 Å². The van der Waals surface area contributed by atoms with Gasteiger partial charge in [-0.25, -0.2) is 0 Å². The zero-order chi connectivity index (χ0) is 14.8. The fourth-order valence-corrected chi connectivity index (χ4v) is 2.81. The minimum atomic E-state index is 0.251. The summed E-state index contributed by atoms with van der Waals surface area (Å²) in [4.78, 5) is 0. The molecule has 1 saturated carbocycles. The van der Waals surface area contributed by atoms with E-state index >= 15 is 0 Å². The first-order valence-corrected chi connectivity index (χ1v) is 8.18. The van der Waals surface area contributed by atoms with Crippen LogP contribution in [-0.2, 0) is 11.8 Å². The molecule has 0 aromatic heterocycles. The van der Waals surface area contributed by atoms with Crippen molar-refractivity contribution in [2.45, 2.75) is 71.8 Å². The highest BCUT2D eigenvalue weighted by Crippen LogP contribution is 2.49. The third-order valence-corrected chi connectivity index (χ3v) is 4.78. The average molecular weight is 273 g/mol. The maximum Gasteiger partial charge on any atom is 0.0161 e. The van der Waals surface area contributed by atoms with Crippen LogP contribution in [0.3, 0.4) is 0 Å². The van der Waals surface area contributed by atoms with E-state index in [0.717, 1.165) is 6.54 Å². The Hall–Kier alpha value is -0.820. The Morgan fingerprint density at radius 2 is 1.75 bits per heavy atom. The highest BCUT2D eigenvalue weighted by Gasteiger charge is 2.44. The summed E-state index contributed by atoms with van der Waals surface area (Å²) in [5.41, 5.74) is 3.69. The Labute approximate surface area is 125 Å². The van der Waals surface area contributed by atoms with Gasteiger partial charge in [-0.15, -0.1) is 0 Å². The molecule has 1 aliphatic rings. The van der Waals surface area contributed by atoms with Gasteiger partial charge in [0.15, 0.2) is 0 Å². The first-order chi connectivity index (χ1) is 9.35. The van der Waals surface area contributed by atoms with Crippen LogP contribution >= 0.6 is 0 Å². The van der Waals surface area contributed by atoms with Gasteiger partial charge in [0.25, 0.3) is 0 Å². The summed E-state index contributed by atoms with van der Waals surface area (Å²) in [7, 11) is 0. The van der Waals surface area contributed by atoms with Gasteiger partial charge in [0.05, 0.1) is 0 Å². The molecule has 1 aromatic rings. The van der Waals surface area contributed by atoms with E-state index in [1.165, 1.54) is 36.8 Å². The largest absolute Gasteiger partial charge is 0.313 e. The van der Waals surface area contributed by atoms with Crippen LogP contribution in [0.4, 0.5) is 0 Å². The second-order valence-electron chi connectivity index (χ2n) is 7.81. The van der Waals surface area contributed by atoms with Gasteiger partial charge in [0.1, 0.15) is 0 Å². The number of benzene rings is 1. The standard InChI is InChI=1S/C19H31N/c1-6-13-20-17(19(5)11-12-19)14-15-7-9-16(10-8-15)18(2,3)4/h7-10,17,20H,6,11-14H2,1-5H3. The number of hydrogen-bond acceptors (Lipinski definition) is 1. The molecule has 2 rings (SSSR count).